The fourth-order valence-electron chi connectivity index (χ4n) is 1.44. The van der Waals surface area contributed by atoms with Crippen molar-refractivity contribution in [2.45, 2.75) is 0 Å². The maximum atomic E-state index is 13.8. The van der Waals surface area contributed by atoms with E-state index in [2.05, 4.69) is 0 Å². The van der Waals surface area contributed by atoms with Gasteiger partial charge in [-0.2, -0.15) is 0 Å². The standard InChI is InChI=1S/C10H8F2O2S/c1-13-8-6(11)5-3-4-15-10(5)7(12)9(8)14-2/h3-4H,1-2H3. The Hall–Kier alpha value is -1.36. The summed E-state index contributed by atoms with van der Waals surface area (Å²) in [7, 11) is 2.55. The van der Waals surface area contributed by atoms with Crippen LogP contribution < -0.4 is 9.47 Å². The van der Waals surface area contributed by atoms with Crippen molar-refractivity contribution in [2.24, 2.45) is 0 Å². The molecule has 15 heavy (non-hydrogen) atoms. The van der Waals surface area contributed by atoms with Gasteiger partial charge in [-0.15, -0.1) is 11.3 Å². The average Bonchev–Trinajstić information content (AvgIpc) is 2.72. The third-order valence-electron chi connectivity index (χ3n) is 2.11. The van der Waals surface area contributed by atoms with Crippen molar-refractivity contribution in [3.05, 3.63) is 23.1 Å². The van der Waals surface area contributed by atoms with E-state index in [-0.39, 0.29) is 21.6 Å². The number of fused-ring (bicyclic) bond motifs is 1. The summed E-state index contributed by atoms with van der Waals surface area (Å²) in [5, 5.41) is 1.84. The van der Waals surface area contributed by atoms with Gasteiger partial charge in [0, 0.05) is 5.39 Å². The van der Waals surface area contributed by atoms with Crippen molar-refractivity contribution >= 4 is 21.4 Å². The highest BCUT2D eigenvalue weighted by atomic mass is 32.1. The molecule has 0 atom stereocenters. The summed E-state index contributed by atoms with van der Waals surface area (Å²) in [6.45, 7) is 0. The van der Waals surface area contributed by atoms with E-state index in [1.54, 1.807) is 5.38 Å². The van der Waals surface area contributed by atoms with Crippen molar-refractivity contribution in [3.8, 4) is 11.5 Å². The van der Waals surface area contributed by atoms with Crippen LogP contribution in [0.2, 0.25) is 0 Å². The van der Waals surface area contributed by atoms with Crippen molar-refractivity contribution in [1.82, 2.24) is 0 Å². The molecule has 2 nitrogen and oxygen atoms in total. The number of hydrogen-bond acceptors (Lipinski definition) is 3. The second-order valence-corrected chi connectivity index (χ2v) is 3.77. The van der Waals surface area contributed by atoms with E-state index in [0.717, 1.165) is 11.3 Å². The zero-order valence-electron chi connectivity index (χ0n) is 8.14. The molecule has 80 valence electrons. The van der Waals surface area contributed by atoms with Crippen LogP contribution in [-0.2, 0) is 0 Å². The molecule has 1 aromatic heterocycles. The first kappa shape index (κ1) is 10.2. The molecule has 0 spiro atoms. The Morgan fingerprint density at radius 3 is 2.27 bits per heavy atom. The summed E-state index contributed by atoms with van der Waals surface area (Å²) in [5.74, 6) is -1.56. The summed E-state index contributed by atoms with van der Waals surface area (Å²) in [4.78, 5) is 0. The molecule has 0 radical (unpaired) electrons. The van der Waals surface area contributed by atoms with Gasteiger partial charge in [-0.3, -0.25) is 0 Å². The quantitative estimate of drug-likeness (QED) is 0.788. The van der Waals surface area contributed by atoms with Gasteiger partial charge in [-0.25, -0.2) is 8.78 Å². The van der Waals surface area contributed by atoms with Gasteiger partial charge in [0.15, 0.2) is 11.6 Å². The lowest BCUT2D eigenvalue weighted by molar-refractivity contribution is 0.326. The minimum Gasteiger partial charge on any atom is -0.490 e. The summed E-state index contributed by atoms with van der Waals surface area (Å²) < 4.78 is 37.4. The maximum Gasteiger partial charge on any atom is 0.201 e. The molecule has 2 rings (SSSR count). The highest BCUT2D eigenvalue weighted by Gasteiger charge is 2.22. The minimum absolute atomic E-state index is 0.190. The van der Waals surface area contributed by atoms with Crippen LogP contribution in [0.25, 0.3) is 10.1 Å². The van der Waals surface area contributed by atoms with Crippen LogP contribution >= 0.6 is 11.3 Å². The Balaban J connectivity index is 2.90. The van der Waals surface area contributed by atoms with Crippen LogP contribution in [0.1, 0.15) is 0 Å². The highest BCUT2D eigenvalue weighted by Crippen LogP contribution is 2.41. The third kappa shape index (κ3) is 1.34. The summed E-state index contributed by atoms with van der Waals surface area (Å²) in [6.07, 6.45) is 0. The van der Waals surface area contributed by atoms with Crippen molar-refractivity contribution in [1.29, 1.82) is 0 Å². The number of halogens is 2. The Labute approximate surface area is 89.0 Å². The van der Waals surface area contributed by atoms with Crippen LogP contribution in [-0.4, -0.2) is 14.2 Å². The zero-order valence-corrected chi connectivity index (χ0v) is 8.95. The van der Waals surface area contributed by atoms with Crippen LogP contribution in [0.15, 0.2) is 11.4 Å². The Morgan fingerprint density at radius 2 is 1.67 bits per heavy atom. The lowest BCUT2D eigenvalue weighted by Crippen LogP contribution is -1.97. The summed E-state index contributed by atoms with van der Waals surface area (Å²) >= 11 is 1.13. The molecule has 0 saturated heterocycles. The molecule has 2 aromatic rings. The number of thiophene rings is 1. The van der Waals surface area contributed by atoms with E-state index in [1.807, 2.05) is 0 Å². The number of benzene rings is 1. The molecule has 0 amide bonds. The molecule has 0 aliphatic rings. The average molecular weight is 230 g/mol. The van der Waals surface area contributed by atoms with Crippen molar-refractivity contribution in [3.63, 3.8) is 0 Å². The molecule has 0 bridgehead atoms. The van der Waals surface area contributed by atoms with E-state index in [1.165, 1.54) is 20.3 Å². The molecule has 0 aliphatic carbocycles. The highest BCUT2D eigenvalue weighted by molar-refractivity contribution is 7.17. The normalized spacial score (nSPS) is 10.7. The maximum absolute atomic E-state index is 13.8. The molecule has 0 N–H and O–H groups in total. The number of ether oxygens (including phenoxy) is 2. The van der Waals surface area contributed by atoms with Gasteiger partial charge in [0.1, 0.15) is 0 Å². The van der Waals surface area contributed by atoms with Gasteiger partial charge in [-0.05, 0) is 11.4 Å². The number of methoxy groups -OCH3 is 2. The predicted octanol–water partition coefficient (Wildman–Crippen LogP) is 3.20. The second kappa shape index (κ2) is 3.66. The molecule has 0 fully saturated rings. The predicted molar refractivity (Wildman–Crippen MR) is 54.8 cm³/mol. The van der Waals surface area contributed by atoms with E-state index < -0.39 is 11.6 Å². The summed E-state index contributed by atoms with van der Waals surface area (Å²) in [5.41, 5.74) is 0. The first-order valence-corrected chi connectivity index (χ1v) is 5.04. The molecule has 0 aliphatic heterocycles. The fraction of sp³-hybridized carbons (Fsp3) is 0.200. The number of hydrogen-bond donors (Lipinski definition) is 0. The Kier molecular flexibility index (Phi) is 2.48. The Morgan fingerprint density at radius 1 is 1.07 bits per heavy atom. The molecular formula is C10H8F2O2S. The van der Waals surface area contributed by atoms with Crippen LogP contribution in [0.5, 0.6) is 11.5 Å². The number of rotatable bonds is 2. The molecule has 0 unspecified atom stereocenters. The lowest BCUT2D eigenvalue weighted by Gasteiger charge is -2.10. The second-order valence-electron chi connectivity index (χ2n) is 2.86. The van der Waals surface area contributed by atoms with E-state index >= 15 is 0 Å². The van der Waals surface area contributed by atoms with Crippen LogP contribution in [0.4, 0.5) is 8.78 Å². The largest absolute Gasteiger partial charge is 0.490 e. The SMILES string of the molecule is COc1c(OC)c(F)c2sccc2c1F. The van der Waals surface area contributed by atoms with Gasteiger partial charge >= 0.3 is 0 Å². The molecule has 1 heterocycles. The van der Waals surface area contributed by atoms with Crippen LogP contribution in [0, 0.1) is 11.6 Å². The fourth-order valence-corrected chi connectivity index (χ4v) is 2.26. The Bertz CT molecular complexity index is 464. The monoisotopic (exact) mass is 230 g/mol. The van der Waals surface area contributed by atoms with Gasteiger partial charge in [-0.1, -0.05) is 0 Å². The van der Waals surface area contributed by atoms with E-state index in [0.29, 0.717) is 0 Å². The van der Waals surface area contributed by atoms with Gasteiger partial charge < -0.3 is 9.47 Å². The topological polar surface area (TPSA) is 18.5 Å². The summed E-state index contributed by atoms with van der Waals surface area (Å²) in [6, 6.07) is 1.51. The first-order valence-electron chi connectivity index (χ1n) is 4.16. The lowest BCUT2D eigenvalue weighted by atomic mass is 10.2. The van der Waals surface area contributed by atoms with Crippen molar-refractivity contribution < 1.29 is 18.3 Å². The minimum atomic E-state index is -0.591. The molecule has 0 saturated carbocycles. The smallest absolute Gasteiger partial charge is 0.201 e. The van der Waals surface area contributed by atoms with E-state index in [4.69, 9.17) is 9.47 Å². The zero-order chi connectivity index (χ0) is 11.0. The first-order chi connectivity index (χ1) is 7.20. The van der Waals surface area contributed by atoms with Gasteiger partial charge in [0.05, 0.1) is 18.9 Å². The third-order valence-corrected chi connectivity index (χ3v) is 3.02. The van der Waals surface area contributed by atoms with Gasteiger partial charge in [0.2, 0.25) is 11.5 Å². The van der Waals surface area contributed by atoms with E-state index in [9.17, 15) is 8.78 Å². The van der Waals surface area contributed by atoms with Gasteiger partial charge in [0.25, 0.3) is 0 Å². The molecular weight excluding hydrogens is 222 g/mol. The molecule has 5 heteroatoms. The van der Waals surface area contributed by atoms with Crippen molar-refractivity contribution in [2.75, 3.05) is 14.2 Å². The molecule has 1 aromatic carbocycles. The van der Waals surface area contributed by atoms with Crippen LogP contribution in [0.3, 0.4) is 0 Å².